The van der Waals surface area contributed by atoms with Gasteiger partial charge in [0.15, 0.2) is 0 Å². The van der Waals surface area contributed by atoms with Gasteiger partial charge < -0.3 is 11.1 Å². The minimum Gasteiger partial charge on any atom is -0.383 e. The fourth-order valence-corrected chi connectivity index (χ4v) is 1.52. The summed E-state index contributed by atoms with van der Waals surface area (Å²) in [6, 6.07) is 1.88. The first-order valence-electron chi connectivity index (χ1n) is 5.08. The molecular formula is C11H18ClN3. The molecule has 0 radical (unpaired) electrons. The van der Waals surface area contributed by atoms with E-state index in [1.54, 1.807) is 12.4 Å². The van der Waals surface area contributed by atoms with E-state index in [4.69, 9.17) is 17.3 Å². The summed E-state index contributed by atoms with van der Waals surface area (Å²) >= 11 is 5.98. The Labute approximate surface area is 96.0 Å². The van der Waals surface area contributed by atoms with Crippen molar-refractivity contribution in [1.29, 1.82) is 0 Å². The summed E-state index contributed by atoms with van der Waals surface area (Å²) in [5.41, 5.74) is 6.66. The van der Waals surface area contributed by atoms with Crippen LogP contribution < -0.4 is 11.1 Å². The third-order valence-electron chi connectivity index (χ3n) is 2.35. The van der Waals surface area contributed by atoms with Crippen molar-refractivity contribution in [3.8, 4) is 0 Å². The van der Waals surface area contributed by atoms with Crippen molar-refractivity contribution >= 4 is 17.3 Å². The number of rotatable bonds is 5. The lowest BCUT2D eigenvalue weighted by atomic mass is 9.89. The van der Waals surface area contributed by atoms with Gasteiger partial charge in [0.1, 0.15) is 0 Å². The second-order valence-electron chi connectivity index (χ2n) is 4.41. The summed E-state index contributed by atoms with van der Waals surface area (Å²) in [5.74, 6) is 0. The van der Waals surface area contributed by atoms with Crippen LogP contribution in [-0.2, 0) is 0 Å². The molecule has 0 bridgehead atoms. The topological polar surface area (TPSA) is 50.9 Å². The van der Waals surface area contributed by atoms with Gasteiger partial charge in [-0.25, -0.2) is 0 Å². The van der Waals surface area contributed by atoms with Gasteiger partial charge in [0, 0.05) is 18.9 Å². The molecule has 1 rings (SSSR count). The summed E-state index contributed by atoms with van der Waals surface area (Å²) in [7, 11) is 0. The average Bonchev–Trinajstić information content (AvgIpc) is 2.16. The standard InChI is InChI=1S/C11H18ClN3/c1-11(2,4-5-13)8-15-10-3-6-14-7-9(10)12/h3,6-7H,4-5,8,13H2,1-2H3,(H,14,15). The van der Waals surface area contributed by atoms with Crippen molar-refractivity contribution in [3.05, 3.63) is 23.5 Å². The number of nitrogens with two attached hydrogens (primary N) is 1. The minimum absolute atomic E-state index is 0.182. The number of hydrogen-bond acceptors (Lipinski definition) is 3. The third kappa shape index (κ3) is 4.06. The predicted octanol–water partition coefficient (Wildman–Crippen LogP) is 2.52. The van der Waals surface area contributed by atoms with Crippen LogP contribution in [0.2, 0.25) is 5.02 Å². The van der Waals surface area contributed by atoms with E-state index in [1.807, 2.05) is 6.07 Å². The number of nitrogens with one attached hydrogen (secondary N) is 1. The predicted molar refractivity (Wildman–Crippen MR) is 65.2 cm³/mol. The number of hydrogen-bond donors (Lipinski definition) is 2. The Balaban J connectivity index is 2.53. The Kier molecular flexibility index (Phi) is 4.36. The van der Waals surface area contributed by atoms with Gasteiger partial charge in [-0.1, -0.05) is 25.4 Å². The van der Waals surface area contributed by atoms with Gasteiger partial charge in [-0.15, -0.1) is 0 Å². The molecule has 0 aliphatic carbocycles. The highest BCUT2D eigenvalue weighted by Gasteiger charge is 2.16. The summed E-state index contributed by atoms with van der Waals surface area (Å²) in [6.45, 7) is 5.93. The maximum absolute atomic E-state index is 5.98. The molecule has 3 nitrogen and oxygen atoms in total. The number of nitrogens with zero attached hydrogens (tertiary/aromatic N) is 1. The molecule has 0 atom stereocenters. The normalized spacial score (nSPS) is 11.5. The van der Waals surface area contributed by atoms with Crippen LogP contribution in [0.4, 0.5) is 5.69 Å². The van der Waals surface area contributed by atoms with E-state index >= 15 is 0 Å². The van der Waals surface area contributed by atoms with Crippen LogP contribution in [0.25, 0.3) is 0 Å². The van der Waals surface area contributed by atoms with Gasteiger partial charge in [0.25, 0.3) is 0 Å². The Bertz CT molecular complexity index is 312. The van der Waals surface area contributed by atoms with Gasteiger partial charge in [-0.05, 0) is 24.4 Å². The first-order chi connectivity index (χ1) is 7.05. The number of aromatic nitrogens is 1. The van der Waals surface area contributed by atoms with E-state index in [9.17, 15) is 0 Å². The molecule has 0 saturated carbocycles. The quantitative estimate of drug-likeness (QED) is 0.813. The Morgan fingerprint density at radius 2 is 2.27 bits per heavy atom. The maximum Gasteiger partial charge on any atom is 0.0820 e. The van der Waals surface area contributed by atoms with E-state index in [2.05, 4.69) is 24.1 Å². The van der Waals surface area contributed by atoms with Crippen LogP contribution in [0.15, 0.2) is 18.5 Å². The van der Waals surface area contributed by atoms with Crippen LogP contribution in [0.1, 0.15) is 20.3 Å². The molecule has 1 aromatic heterocycles. The molecule has 1 heterocycles. The zero-order valence-corrected chi connectivity index (χ0v) is 10.0. The molecule has 1 aromatic rings. The Morgan fingerprint density at radius 3 is 2.87 bits per heavy atom. The molecule has 0 aliphatic heterocycles. The molecule has 15 heavy (non-hydrogen) atoms. The van der Waals surface area contributed by atoms with E-state index in [-0.39, 0.29) is 5.41 Å². The van der Waals surface area contributed by atoms with Crippen LogP contribution in [0, 0.1) is 5.41 Å². The largest absolute Gasteiger partial charge is 0.383 e. The van der Waals surface area contributed by atoms with Crippen molar-refractivity contribution in [3.63, 3.8) is 0 Å². The first-order valence-corrected chi connectivity index (χ1v) is 5.46. The highest BCUT2D eigenvalue weighted by Crippen LogP contribution is 2.23. The smallest absolute Gasteiger partial charge is 0.0820 e. The second-order valence-corrected chi connectivity index (χ2v) is 4.82. The number of pyridine rings is 1. The molecular weight excluding hydrogens is 210 g/mol. The van der Waals surface area contributed by atoms with Crippen molar-refractivity contribution in [1.82, 2.24) is 4.98 Å². The van der Waals surface area contributed by atoms with E-state index in [0.29, 0.717) is 11.6 Å². The van der Waals surface area contributed by atoms with E-state index < -0.39 is 0 Å². The maximum atomic E-state index is 5.98. The van der Waals surface area contributed by atoms with Crippen molar-refractivity contribution in [2.75, 3.05) is 18.4 Å². The molecule has 0 spiro atoms. The van der Waals surface area contributed by atoms with Gasteiger partial charge in [-0.3, -0.25) is 4.98 Å². The fraction of sp³-hybridized carbons (Fsp3) is 0.545. The van der Waals surface area contributed by atoms with Crippen molar-refractivity contribution in [2.24, 2.45) is 11.1 Å². The fourth-order valence-electron chi connectivity index (χ4n) is 1.33. The molecule has 4 heteroatoms. The SMILES string of the molecule is CC(C)(CCN)CNc1ccncc1Cl. The summed E-state index contributed by atoms with van der Waals surface area (Å²) in [6.07, 6.45) is 4.35. The molecule has 0 unspecified atom stereocenters. The zero-order chi connectivity index (χ0) is 11.3. The molecule has 3 N–H and O–H groups in total. The minimum atomic E-state index is 0.182. The van der Waals surface area contributed by atoms with Crippen LogP contribution in [0.3, 0.4) is 0 Å². The highest BCUT2D eigenvalue weighted by molar-refractivity contribution is 6.33. The average molecular weight is 228 g/mol. The summed E-state index contributed by atoms with van der Waals surface area (Å²) in [5, 5.41) is 3.96. The van der Waals surface area contributed by atoms with Crippen molar-refractivity contribution < 1.29 is 0 Å². The zero-order valence-electron chi connectivity index (χ0n) is 9.26. The first kappa shape index (κ1) is 12.3. The summed E-state index contributed by atoms with van der Waals surface area (Å²) < 4.78 is 0. The number of anilines is 1. The second kappa shape index (κ2) is 5.33. The van der Waals surface area contributed by atoms with Gasteiger partial charge in [-0.2, -0.15) is 0 Å². The molecule has 0 fully saturated rings. The molecule has 0 aliphatic rings. The highest BCUT2D eigenvalue weighted by atomic mass is 35.5. The molecule has 0 amide bonds. The Hall–Kier alpha value is -0.800. The van der Waals surface area contributed by atoms with Crippen LogP contribution in [0.5, 0.6) is 0 Å². The number of halogens is 1. The monoisotopic (exact) mass is 227 g/mol. The van der Waals surface area contributed by atoms with Gasteiger partial charge >= 0.3 is 0 Å². The Morgan fingerprint density at radius 1 is 1.53 bits per heavy atom. The summed E-state index contributed by atoms with van der Waals surface area (Å²) in [4.78, 5) is 3.93. The van der Waals surface area contributed by atoms with Gasteiger partial charge in [0.05, 0.1) is 10.7 Å². The van der Waals surface area contributed by atoms with Gasteiger partial charge in [0.2, 0.25) is 0 Å². The lowest BCUT2D eigenvalue weighted by Crippen LogP contribution is -2.26. The molecule has 0 aromatic carbocycles. The van der Waals surface area contributed by atoms with Crippen LogP contribution in [-0.4, -0.2) is 18.1 Å². The van der Waals surface area contributed by atoms with Crippen LogP contribution >= 0.6 is 11.6 Å². The van der Waals surface area contributed by atoms with Crippen molar-refractivity contribution in [2.45, 2.75) is 20.3 Å². The van der Waals surface area contributed by atoms with E-state index in [1.165, 1.54) is 0 Å². The molecule has 0 saturated heterocycles. The molecule has 84 valence electrons. The lowest BCUT2D eigenvalue weighted by molar-refractivity contribution is 0.365. The van der Waals surface area contributed by atoms with E-state index in [0.717, 1.165) is 18.7 Å². The lowest BCUT2D eigenvalue weighted by Gasteiger charge is -2.25. The third-order valence-corrected chi connectivity index (χ3v) is 2.65.